The van der Waals surface area contributed by atoms with Gasteiger partial charge in [-0.25, -0.2) is 24.9 Å². The molecule has 0 spiro atoms. The standard InChI is InChI=1S/C7H12N2.2C6H10N2.2C5H8N2.2C5H12O2.C5H10O2.C4H8O2.C2H6O/c1-2-3-5-9-6-4-8-7-9;1-3-6-4-8(2)5-7-6;1-2-4-8-5-3-7-6-8;1-2-5-3-6-4-7-5;1-2-7-4-3-6-5-7;2*1-3-7-5-4-6-2;1-2-3-4-5(6)7;1-2-3-4(5)6;1-2-3/h4,6-7H,2-3,5H2,1H3;4-5H,3H2,1-2H3;3,5-6H,2,4H2,1H3;3-4H,2H2,1H3,(H,6,7);3-5H,2H2,1H3;2*3-5H2,1-2H3;2-4H2,1H3,(H,6,7);2-3H2,1H3,(H,5,6);3H,2H2,1H3. The van der Waals surface area contributed by atoms with Crippen molar-refractivity contribution in [2.45, 2.75) is 153 Å². The molecule has 19 nitrogen and oxygen atoms in total. The Labute approximate surface area is 416 Å². The predicted molar refractivity (Wildman–Crippen MR) is 277 cm³/mol. The summed E-state index contributed by atoms with van der Waals surface area (Å²) in [6.45, 7) is 27.9. The summed E-state index contributed by atoms with van der Waals surface area (Å²) in [6, 6.07) is 0. The number of carboxylic acids is 2. The van der Waals surface area contributed by atoms with Gasteiger partial charge in [0.15, 0.2) is 0 Å². The maximum absolute atomic E-state index is 9.76. The second-order valence-electron chi connectivity index (χ2n) is 14.0. The lowest BCUT2D eigenvalue weighted by Gasteiger charge is -1.96. The number of aromatic amines is 1. The smallest absolute Gasteiger partial charge is 0.303 e. The normalized spacial score (nSPS) is 9.19. The molecule has 69 heavy (non-hydrogen) atoms. The zero-order chi connectivity index (χ0) is 53.0. The molecule has 400 valence electrons. The fourth-order valence-electron chi connectivity index (χ4n) is 4.15. The fourth-order valence-corrected chi connectivity index (χ4v) is 4.15. The number of nitrogens with one attached hydrogen (secondary N) is 1. The van der Waals surface area contributed by atoms with Crippen LogP contribution in [-0.4, -0.2) is 136 Å². The minimum absolute atomic E-state index is 0.250. The van der Waals surface area contributed by atoms with Gasteiger partial charge in [0, 0.05) is 129 Å². The SMILES string of the molecule is CCCC(=O)O.CCCCC(=O)O.CCCCn1ccnc1.CCCn1ccnc1.CCO.CCOCCOC.CCOCCOC.CCc1cn(C)cn1.CCc1cnc[nH]1.CCn1ccnc1. The van der Waals surface area contributed by atoms with Gasteiger partial charge in [0.05, 0.1) is 63.8 Å². The van der Waals surface area contributed by atoms with Gasteiger partial charge in [0.2, 0.25) is 0 Å². The number of H-pyrrole nitrogens is 1. The summed E-state index contributed by atoms with van der Waals surface area (Å²) in [5.41, 5.74) is 2.35. The number of aromatic nitrogens is 10. The Morgan fingerprint density at radius 1 is 0.609 bits per heavy atom. The molecule has 0 bridgehead atoms. The van der Waals surface area contributed by atoms with Crippen molar-refractivity contribution in [1.29, 1.82) is 0 Å². The number of aryl methyl sites for hydroxylation is 6. The van der Waals surface area contributed by atoms with Crippen molar-refractivity contribution < 1.29 is 43.9 Å². The van der Waals surface area contributed by atoms with Crippen molar-refractivity contribution >= 4 is 11.9 Å². The maximum atomic E-state index is 9.76. The van der Waals surface area contributed by atoms with E-state index < -0.39 is 11.9 Å². The summed E-state index contributed by atoms with van der Waals surface area (Å²) >= 11 is 0. The van der Waals surface area contributed by atoms with E-state index in [1.54, 1.807) is 46.2 Å². The Morgan fingerprint density at radius 2 is 1.10 bits per heavy atom. The molecule has 0 aliphatic rings. The number of aliphatic carboxylic acids is 2. The predicted octanol–water partition coefficient (Wildman–Crippen LogP) is 9.30. The summed E-state index contributed by atoms with van der Waals surface area (Å²) < 4.78 is 27.5. The molecule has 0 unspecified atom stereocenters. The number of aliphatic hydroxyl groups is 1. The molecule has 5 aromatic heterocycles. The van der Waals surface area contributed by atoms with Crippen LogP contribution in [0.3, 0.4) is 0 Å². The van der Waals surface area contributed by atoms with Gasteiger partial charge in [0.25, 0.3) is 0 Å². The van der Waals surface area contributed by atoms with Gasteiger partial charge in [-0.05, 0) is 66.2 Å². The third-order valence-electron chi connectivity index (χ3n) is 7.83. The van der Waals surface area contributed by atoms with E-state index in [4.69, 9.17) is 34.3 Å². The number of unbranched alkanes of at least 4 members (excludes halogenated alkanes) is 2. The Balaban J connectivity index is -0.000000221. The highest BCUT2D eigenvalue weighted by molar-refractivity contribution is 5.66. The monoisotopic (exact) mass is 981 g/mol. The van der Waals surface area contributed by atoms with Gasteiger partial charge in [-0.3, -0.25) is 9.59 Å². The Hall–Kier alpha value is -5.21. The van der Waals surface area contributed by atoms with E-state index in [0.29, 0.717) is 39.3 Å². The molecule has 0 saturated heterocycles. The molecule has 0 saturated carbocycles. The highest BCUT2D eigenvalue weighted by atomic mass is 16.5. The highest BCUT2D eigenvalue weighted by Crippen LogP contribution is 1.94. The van der Waals surface area contributed by atoms with Gasteiger partial charge in [-0.15, -0.1) is 0 Å². The third-order valence-corrected chi connectivity index (χ3v) is 7.83. The van der Waals surface area contributed by atoms with Crippen molar-refractivity contribution in [3.05, 3.63) is 92.6 Å². The third kappa shape index (κ3) is 64.9. The second-order valence-corrected chi connectivity index (χ2v) is 14.0. The molecule has 0 aromatic carbocycles. The van der Waals surface area contributed by atoms with Gasteiger partial charge in [0.1, 0.15) is 0 Å². The lowest BCUT2D eigenvalue weighted by atomic mass is 10.3. The Kier molecular flexibility index (Phi) is 66.2. The van der Waals surface area contributed by atoms with E-state index >= 15 is 0 Å². The van der Waals surface area contributed by atoms with Crippen molar-refractivity contribution in [2.24, 2.45) is 7.05 Å². The molecule has 4 N–H and O–H groups in total. The van der Waals surface area contributed by atoms with Crippen LogP contribution in [0, 0.1) is 0 Å². The maximum Gasteiger partial charge on any atom is 0.303 e. The fraction of sp³-hybridized carbons (Fsp3) is 0.660. The number of rotatable bonds is 21. The summed E-state index contributed by atoms with van der Waals surface area (Å²) in [5, 5.41) is 23.5. The molecule has 0 aliphatic heterocycles. The highest BCUT2D eigenvalue weighted by Gasteiger charge is 1.91. The van der Waals surface area contributed by atoms with Crippen LogP contribution in [-0.2, 0) is 68.1 Å². The van der Waals surface area contributed by atoms with E-state index in [1.807, 2.05) is 100 Å². The summed E-state index contributed by atoms with van der Waals surface area (Å²) in [7, 11) is 5.31. The van der Waals surface area contributed by atoms with Crippen LogP contribution in [0.4, 0.5) is 0 Å². The van der Waals surface area contributed by atoms with Gasteiger partial charge in [-0.2, -0.15) is 0 Å². The molecule has 5 heterocycles. The van der Waals surface area contributed by atoms with Crippen molar-refractivity contribution in [3.8, 4) is 0 Å². The molecule has 0 aliphatic carbocycles. The molecular weight excluding hydrogens is 885 g/mol. The molecule has 5 rings (SSSR count). The number of nitrogens with zero attached hydrogens (tertiary/aromatic N) is 9. The quantitative estimate of drug-likeness (QED) is 0.0502. The first-order chi connectivity index (χ1) is 33.3. The van der Waals surface area contributed by atoms with Crippen LogP contribution in [0.15, 0.2) is 81.2 Å². The summed E-state index contributed by atoms with van der Waals surface area (Å²) in [5.74, 6) is -1.40. The van der Waals surface area contributed by atoms with Crippen LogP contribution in [0.2, 0.25) is 0 Å². The zero-order valence-electron chi connectivity index (χ0n) is 45.0. The van der Waals surface area contributed by atoms with Gasteiger partial charge >= 0.3 is 11.9 Å². The van der Waals surface area contributed by atoms with E-state index in [9.17, 15) is 9.59 Å². The van der Waals surface area contributed by atoms with Crippen LogP contribution < -0.4 is 0 Å². The van der Waals surface area contributed by atoms with E-state index in [0.717, 1.165) is 70.6 Å². The number of carboxylic acid groups (broad SMARTS) is 2. The van der Waals surface area contributed by atoms with Gasteiger partial charge < -0.3 is 57.5 Å². The first-order valence-electron chi connectivity index (χ1n) is 24.3. The lowest BCUT2D eigenvalue weighted by molar-refractivity contribution is -0.138. The molecule has 0 fully saturated rings. The van der Waals surface area contributed by atoms with Crippen LogP contribution >= 0.6 is 0 Å². The second kappa shape index (κ2) is 62.8. The van der Waals surface area contributed by atoms with Crippen LogP contribution in [0.5, 0.6) is 0 Å². The largest absolute Gasteiger partial charge is 0.481 e. The average molecular weight is 981 g/mol. The minimum Gasteiger partial charge on any atom is -0.481 e. The first kappa shape index (κ1) is 72.8. The lowest BCUT2D eigenvalue weighted by Crippen LogP contribution is -2.00. The first-order valence-corrected chi connectivity index (χ1v) is 24.3. The van der Waals surface area contributed by atoms with Crippen molar-refractivity contribution in [3.63, 3.8) is 0 Å². The number of hydrogen-bond acceptors (Lipinski definition) is 12. The van der Waals surface area contributed by atoms with Crippen molar-refractivity contribution in [1.82, 2.24) is 48.2 Å². The molecular formula is C50H96N10O9. The van der Waals surface area contributed by atoms with Gasteiger partial charge in [-0.1, -0.05) is 54.4 Å². The van der Waals surface area contributed by atoms with Crippen LogP contribution in [0.25, 0.3) is 0 Å². The number of carbonyl (C=O) groups is 2. The Morgan fingerprint density at radius 3 is 1.33 bits per heavy atom. The molecule has 19 heteroatoms. The zero-order valence-corrected chi connectivity index (χ0v) is 45.0. The van der Waals surface area contributed by atoms with E-state index in [2.05, 4.69) is 73.7 Å². The molecule has 0 radical (unpaired) electrons. The minimum atomic E-state index is -0.711. The molecule has 0 atom stereocenters. The number of aliphatic hydroxyl groups excluding tert-OH is 1. The summed E-state index contributed by atoms with van der Waals surface area (Å²) in [6.07, 6.45) is 33.0. The topological polar surface area (TPSA) is 232 Å². The number of imidazole rings is 5. The van der Waals surface area contributed by atoms with Crippen molar-refractivity contribution in [2.75, 3.05) is 60.5 Å². The molecule has 5 aromatic rings. The Bertz CT molecular complexity index is 1550. The van der Waals surface area contributed by atoms with Crippen LogP contribution in [0.1, 0.15) is 132 Å². The number of hydrogen-bond donors (Lipinski definition) is 4. The average Bonchev–Trinajstić information content (AvgIpc) is 4.22. The summed E-state index contributed by atoms with van der Waals surface area (Å²) in [4.78, 5) is 42.0. The number of methoxy groups -OCH3 is 2. The molecule has 0 amide bonds. The van der Waals surface area contributed by atoms with E-state index in [-0.39, 0.29) is 6.61 Å². The van der Waals surface area contributed by atoms with E-state index in [1.165, 1.54) is 25.0 Å². The number of ether oxygens (including phenoxy) is 4.